The second-order valence-electron chi connectivity index (χ2n) is 6.75. The molecular weight excluding hydrogens is 370 g/mol. The van der Waals surface area contributed by atoms with Crippen LogP contribution in [0.1, 0.15) is 18.1 Å². The van der Waals surface area contributed by atoms with Crippen LogP contribution in [0.2, 0.25) is 0 Å². The van der Waals surface area contributed by atoms with Gasteiger partial charge in [0, 0.05) is 11.9 Å². The number of fused-ring (bicyclic) bond motifs is 2. The molecule has 0 aliphatic carbocycles. The van der Waals surface area contributed by atoms with Gasteiger partial charge in [-0.05, 0) is 34.2 Å². The van der Waals surface area contributed by atoms with Crippen molar-refractivity contribution in [2.75, 3.05) is 6.54 Å². The van der Waals surface area contributed by atoms with Gasteiger partial charge in [-0.1, -0.05) is 78.9 Å². The fourth-order valence-corrected chi connectivity index (χ4v) is 4.81. The zero-order valence-electron chi connectivity index (χ0n) is 15.2. The topological polar surface area (TPSA) is 66.4 Å². The highest BCUT2D eigenvalue weighted by Crippen LogP contribution is 2.26. The van der Waals surface area contributed by atoms with Crippen LogP contribution in [0.5, 0.6) is 0 Å². The Morgan fingerprint density at radius 2 is 1.32 bits per heavy atom. The molecule has 0 radical (unpaired) electrons. The maximum Gasteiger partial charge on any atom is 0.241 e. The van der Waals surface area contributed by atoms with E-state index in [0.717, 1.165) is 21.7 Å². The third kappa shape index (κ3) is 3.64. The molecule has 28 heavy (non-hydrogen) atoms. The highest BCUT2D eigenvalue weighted by molar-refractivity contribution is 7.89. The Morgan fingerprint density at radius 1 is 0.750 bits per heavy atom. The summed E-state index contributed by atoms with van der Waals surface area (Å²) in [6.07, 6.45) is -0.459. The van der Waals surface area contributed by atoms with Gasteiger partial charge in [0.15, 0.2) is 0 Å². The number of nitrogens with one attached hydrogen (secondary N) is 1. The SMILES string of the molecule is O=S(=O)(NCCC(O)c1cccc2ccccc12)c1cccc2ccccc12. The third-order valence-corrected chi connectivity index (χ3v) is 6.45. The van der Waals surface area contributed by atoms with Crippen LogP contribution < -0.4 is 4.72 Å². The van der Waals surface area contributed by atoms with Crippen molar-refractivity contribution in [3.05, 3.63) is 90.5 Å². The van der Waals surface area contributed by atoms with Gasteiger partial charge in [0.2, 0.25) is 10.0 Å². The minimum absolute atomic E-state index is 0.149. The van der Waals surface area contributed by atoms with Crippen molar-refractivity contribution in [2.45, 2.75) is 17.4 Å². The molecule has 0 bridgehead atoms. The molecule has 0 aliphatic heterocycles. The van der Waals surface area contributed by atoms with Crippen molar-refractivity contribution in [1.29, 1.82) is 0 Å². The Labute approximate surface area is 164 Å². The van der Waals surface area contributed by atoms with Gasteiger partial charge in [-0.3, -0.25) is 0 Å². The van der Waals surface area contributed by atoms with Crippen LogP contribution in [-0.4, -0.2) is 20.1 Å². The van der Waals surface area contributed by atoms with Crippen LogP contribution in [0, 0.1) is 0 Å². The summed E-state index contributed by atoms with van der Waals surface area (Å²) in [5.41, 5.74) is 0.808. The number of rotatable bonds is 6. The maximum absolute atomic E-state index is 12.8. The van der Waals surface area contributed by atoms with Crippen LogP contribution in [-0.2, 0) is 10.0 Å². The molecule has 4 aromatic rings. The lowest BCUT2D eigenvalue weighted by Gasteiger charge is -2.15. The van der Waals surface area contributed by atoms with Crippen molar-refractivity contribution in [3.8, 4) is 0 Å². The number of benzene rings is 4. The fourth-order valence-electron chi connectivity index (χ4n) is 3.53. The quantitative estimate of drug-likeness (QED) is 0.512. The highest BCUT2D eigenvalue weighted by Gasteiger charge is 2.18. The van der Waals surface area contributed by atoms with Crippen molar-refractivity contribution >= 4 is 31.6 Å². The molecule has 4 aromatic carbocycles. The molecule has 0 saturated carbocycles. The van der Waals surface area contributed by atoms with E-state index < -0.39 is 16.1 Å². The molecule has 2 N–H and O–H groups in total. The number of hydrogen-bond donors (Lipinski definition) is 2. The minimum Gasteiger partial charge on any atom is -0.388 e. The summed E-state index contributed by atoms with van der Waals surface area (Å²) in [6.45, 7) is 0.149. The number of sulfonamides is 1. The van der Waals surface area contributed by atoms with Crippen molar-refractivity contribution in [2.24, 2.45) is 0 Å². The van der Waals surface area contributed by atoms with Gasteiger partial charge < -0.3 is 5.11 Å². The number of aliphatic hydroxyl groups excluding tert-OH is 1. The first-order valence-electron chi connectivity index (χ1n) is 9.19. The third-order valence-electron chi connectivity index (χ3n) is 4.93. The molecule has 0 aliphatic rings. The number of hydrogen-bond acceptors (Lipinski definition) is 3. The van der Waals surface area contributed by atoms with E-state index in [1.54, 1.807) is 18.2 Å². The molecule has 0 heterocycles. The summed E-state index contributed by atoms with van der Waals surface area (Å²) in [7, 11) is -3.67. The van der Waals surface area contributed by atoms with Crippen LogP contribution in [0.15, 0.2) is 89.8 Å². The normalized spacial score (nSPS) is 13.0. The van der Waals surface area contributed by atoms with E-state index in [1.807, 2.05) is 66.7 Å². The first-order valence-corrected chi connectivity index (χ1v) is 10.7. The molecule has 4 nitrogen and oxygen atoms in total. The molecule has 0 aromatic heterocycles. The van der Waals surface area contributed by atoms with Crippen LogP contribution in [0.4, 0.5) is 0 Å². The Hall–Kier alpha value is -2.73. The van der Waals surface area contributed by atoms with E-state index in [-0.39, 0.29) is 17.9 Å². The largest absolute Gasteiger partial charge is 0.388 e. The van der Waals surface area contributed by atoms with Gasteiger partial charge in [0.25, 0.3) is 0 Å². The van der Waals surface area contributed by atoms with Crippen LogP contribution >= 0.6 is 0 Å². The summed E-state index contributed by atoms with van der Waals surface area (Å²) in [4.78, 5) is 0.255. The monoisotopic (exact) mass is 391 g/mol. The molecule has 0 amide bonds. The Bertz CT molecular complexity index is 1220. The summed E-state index contributed by atoms with van der Waals surface area (Å²) >= 11 is 0. The average molecular weight is 391 g/mol. The molecule has 1 unspecified atom stereocenters. The van der Waals surface area contributed by atoms with Gasteiger partial charge >= 0.3 is 0 Å². The molecule has 0 spiro atoms. The zero-order valence-corrected chi connectivity index (χ0v) is 16.1. The standard InChI is InChI=1S/C23H21NO3S/c25-22(21-13-5-9-17-7-1-3-11-19(17)21)15-16-24-28(26,27)23-14-6-10-18-8-2-4-12-20(18)23/h1-14,22,24-25H,15-16H2. The van der Waals surface area contributed by atoms with E-state index in [2.05, 4.69) is 4.72 Å². The fraction of sp³-hybridized carbons (Fsp3) is 0.130. The van der Waals surface area contributed by atoms with E-state index in [0.29, 0.717) is 5.39 Å². The summed E-state index contributed by atoms with van der Waals surface area (Å²) in [5, 5.41) is 14.2. The Morgan fingerprint density at radius 3 is 2.07 bits per heavy atom. The van der Waals surface area contributed by atoms with Crippen LogP contribution in [0.25, 0.3) is 21.5 Å². The Balaban J connectivity index is 1.51. The lowest BCUT2D eigenvalue weighted by Crippen LogP contribution is -2.26. The zero-order chi connectivity index (χ0) is 19.6. The second-order valence-corrected chi connectivity index (χ2v) is 8.48. The molecule has 1 atom stereocenters. The second kappa shape index (κ2) is 7.72. The van der Waals surface area contributed by atoms with Gasteiger partial charge in [0.1, 0.15) is 0 Å². The predicted molar refractivity (Wildman–Crippen MR) is 113 cm³/mol. The first kappa shape index (κ1) is 18.6. The van der Waals surface area contributed by atoms with E-state index in [9.17, 15) is 13.5 Å². The van der Waals surface area contributed by atoms with Gasteiger partial charge in [0.05, 0.1) is 11.0 Å². The van der Waals surface area contributed by atoms with Crippen LogP contribution in [0.3, 0.4) is 0 Å². The number of aliphatic hydroxyl groups is 1. The molecule has 0 fully saturated rings. The average Bonchev–Trinajstić information content (AvgIpc) is 2.72. The molecule has 142 valence electrons. The molecule has 0 saturated heterocycles. The highest BCUT2D eigenvalue weighted by atomic mass is 32.2. The van der Waals surface area contributed by atoms with E-state index >= 15 is 0 Å². The Kier molecular flexibility index (Phi) is 5.13. The first-order chi connectivity index (χ1) is 13.6. The summed E-state index contributed by atoms with van der Waals surface area (Å²) in [6, 6.07) is 26.3. The van der Waals surface area contributed by atoms with Crippen molar-refractivity contribution in [3.63, 3.8) is 0 Å². The lowest BCUT2D eigenvalue weighted by atomic mass is 9.99. The molecule has 5 heteroatoms. The molecule has 4 rings (SSSR count). The van der Waals surface area contributed by atoms with E-state index in [1.165, 1.54) is 0 Å². The smallest absolute Gasteiger partial charge is 0.241 e. The van der Waals surface area contributed by atoms with Gasteiger partial charge in [-0.25, -0.2) is 13.1 Å². The lowest BCUT2D eigenvalue weighted by molar-refractivity contribution is 0.170. The maximum atomic E-state index is 12.8. The summed E-state index contributed by atoms with van der Waals surface area (Å²) < 4.78 is 28.2. The summed E-state index contributed by atoms with van der Waals surface area (Å²) in [5.74, 6) is 0. The predicted octanol–water partition coefficient (Wildman–Crippen LogP) is 4.40. The molecular formula is C23H21NO3S. The van der Waals surface area contributed by atoms with Gasteiger partial charge in [-0.2, -0.15) is 0 Å². The van der Waals surface area contributed by atoms with E-state index in [4.69, 9.17) is 0 Å². The van der Waals surface area contributed by atoms with Crippen molar-refractivity contribution < 1.29 is 13.5 Å². The van der Waals surface area contributed by atoms with Gasteiger partial charge in [-0.15, -0.1) is 0 Å². The van der Waals surface area contributed by atoms with Crippen molar-refractivity contribution in [1.82, 2.24) is 4.72 Å². The minimum atomic E-state index is -3.67.